The second-order valence-electron chi connectivity index (χ2n) is 6.04. The van der Waals surface area contributed by atoms with Gasteiger partial charge in [0.25, 0.3) is 0 Å². The molecule has 0 aliphatic rings. The summed E-state index contributed by atoms with van der Waals surface area (Å²) in [7, 11) is 0. The summed E-state index contributed by atoms with van der Waals surface area (Å²) in [6.45, 7) is 0.151. The first-order valence-electron chi connectivity index (χ1n) is 8.24. The largest absolute Gasteiger partial charge is 0.508 e. The van der Waals surface area contributed by atoms with Crippen molar-refractivity contribution in [3.63, 3.8) is 0 Å². The number of rotatable bonds is 4. The number of nitrogens with zero attached hydrogens (tertiary/aromatic N) is 3. The number of aromatic hydroxyl groups is 1. The Hall–Kier alpha value is -3.38. The van der Waals surface area contributed by atoms with E-state index in [0.717, 1.165) is 10.9 Å². The number of phenols is 1. The summed E-state index contributed by atoms with van der Waals surface area (Å²) >= 11 is 6.04. The van der Waals surface area contributed by atoms with E-state index in [2.05, 4.69) is 15.3 Å². The van der Waals surface area contributed by atoms with Gasteiger partial charge in [-0.1, -0.05) is 29.8 Å². The Labute approximate surface area is 160 Å². The molecule has 2 aromatic carbocycles. The molecule has 0 bridgehead atoms. The Morgan fingerprint density at radius 3 is 2.70 bits per heavy atom. The summed E-state index contributed by atoms with van der Waals surface area (Å²) in [4.78, 5) is 20.8. The van der Waals surface area contributed by atoms with Crippen molar-refractivity contribution in [3.05, 3.63) is 72.1 Å². The number of hydrogen-bond donors (Lipinski definition) is 2. The van der Waals surface area contributed by atoms with E-state index in [1.807, 2.05) is 35.0 Å². The topological polar surface area (TPSA) is 80.0 Å². The van der Waals surface area contributed by atoms with Gasteiger partial charge >= 0.3 is 0 Å². The van der Waals surface area contributed by atoms with Crippen LogP contribution in [0, 0.1) is 0 Å². The molecule has 2 N–H and O–H groups in total. The van der Waals surface area contributed by atoms with Crippen molar-refractivity contribution in [2.75, 3.05) is 5.32 Å². The van der Waals surface area contributed by atoms with Crippen molar-refractivity contribution >= 4 is 34.1 Å². The standard InChI is InChI=1S/C20H15ClN4O2/c21-15-5-4-13-6-7-25(18(13)9-15)12-19(27)24-16-10-22-20(23-11-16)14-2-1-3-17(26)8-14/h1-11,26H,12H2,(H,24,27). The fourth-order valence-corrected chi connectivity index (χ4v) is 3.00. The van der Waals surface area contributed by atoms with E-state index in [-0.39, 0.29) is 18.2 Å². The molecule has 0 radical (unpaired) electrons. The Bertz CT molecular complexity index is 1120. The van der Waals surface area contributed by atoms with E-state index < -0.39 is 0 Å². The molecule has 0 atom stereocenters. The number of anilines is 1. The number of halogens is 1. The van der Waals surface area contributed by atoms with E-state index in [4.69, 9.17) is 11.6 Å². The lowest BCUT2D eigenvalue weighted by Crippen LogP contribution is -2.18. The van der Waals surface area contributed by atoms with Gasteiger partial charge in [0, 0.05) is 22.3 Å². The maximum absolute atomic E-state index is 12.4. The fraction of sp³-hybridized carbons (Fsp3) is 0.0500. The Morgan fingerprint density at radius 1 is 1.11 bits per heavy atom. The summed E-state index contributed by atoms with van der Waals surface area (Å²) < 4.78 is 1.83. The minimum atomic E-state index is -0.193. The van der Waals surface area contributed by atoms with E-state index in [0.29, 0.717) is 22.1 Å². The summed E-state index contributed by atoms with van der Waals surface area (Å²) in [5.74, 6) is 0.420. The molecule has 1 amide bonds. The van der Waals surface area contributed by atoms with Gasteiger partial charge in [-0.25, -0.2) is 9.97 Å². The highest BCUT2D eigenvalue weighted by Gasteiger charge is 2.09. The van der Waals surface area contributed by atoms with Crippen LogP contribution in [0.5, 0.6) is 5.75 Å². The number of hydrogen-bond acceptors (Lipinski definition) is 4. The number of aromatic nitrogens is 3. The van der Waals surface area contributed by atoms with Crippen molar-refractivity contribution in [1.82, 2.24) is 14.5 Å². The molecule has 7 heteroatoms. The van der Waals surface area contributed by atoms with Crippen molar-refractivity contribution in [2.45, 2.75) is 6.54 Å². The van der Waals surface area contributed by atoms with Gasteiger partial charge in [-0.15, -0.1) is 0 Å². The smallest absolute Gasteiger partial charge is 0.244 e. The van der Waals surface area contributed by atoms with Crippen LogP contribution in [0.25, 0.3) is 22.3 Å². The average Bonchev–Trinajstić information content (AvgIpc) is 3.04. The van der Waals surface area contributed by atoms with Crippen molar-refractivity contribution in [2.24, 2.45) is 0 Å². The van der Waals surface area contributed by atoms with Gasteiger partial charge in [-0.2, -0.15) is 0 Å². The van der Waals surface area contributed by atoms with Crippen LogP contribution in [0.4, 0.5) is 5.69 Å². The van der Waals surface area contributed by atoms with Gasteiger partial charge in [-0.3, -0.25) is 4.79 Å². The maximum atomic E-state index is 12.4. The van der Waals surface area contributed by atoms with Crippen LogP contribution < -0.4 is 5.32 Å². The highest BCUT2D eigenvalue weighted by atomic mass is 35.5. The summed E-state index contributed by atoms with van der Waals surface area (Å²) in [5, 5.41) is 14.0. The highest BCUT2D eigenvalue weighted by molar-refractivity contribution is 6.31. The monoisotopic (exact) mass is 378 g/mol. The van der Waals surface area contributed by atoms with Crippen molar-refractivity contribution < 1.29 is 9.90 Å². The number of carbonyl (C=O) groups is 1. The molecule has 2 heterocycles. The molecule has 0 aliphatic carbocycles. The van der Waals surface area contributed by atoms with Crippen LogP contribution in [0.2, 0.25) is 5.02 Å². The van der Waals surface area contributed by atoms with Crippen LogP contribution in [0.15, 0.2) is 67.1 Å². The summed E-state index contributed by atoms with van der Waals surface area (Å²) in [5.41, 5.74) is 2.09. The van der Waals surface area contributed by atoms with Crippen LogP contribution in [0.3, 0.4) is 0 Å². The molecule has 134 valence electrons. The molecule has 0 saturated carbocycles. The first-order chi connectivity index (χ1) is 13.1. The number of fused-ring (bicyclic) bond motifs is 1. The van der Waals surface area contributed by atoms with Gasteiger partial charge in [-0.05, 0) is 35.7 Å². The van der Waals surface area contributed by atoms with Gasteiger partial charge in [0.2, 0.25) is 5.91 Å². The molecule has 0 unspecified atom stereocenters. The number of nitrogens with one attached hydrogen (secondary N) is 1. The lowest BCUT2D eigenvalue weighted by Gasteiger charge is -2.08. The maximum Gasteiger partial charge on any atom is 0.244 e. The van der Waals surface area contributed by atoms with Gasteiger partial charge in [0.15, 0.2) is 5.82 Å². The SMILES string of the molecule is O=C(Cn1ccc2ccc(Cl)cc21)Nc1cnc(-c2cccc(O)c2)nc1. The lowest BCUT2D eigenvalue weighted by atomic mass is 10.2. The third-order valence-corrected chi connectivity index (χ3v) is 4.32. The fourth-order valence-electron chi connectivity index (χ4n) is 2.84. The molecular formula is C20H15ClN4O2. The Balaban J connectivity index is 1.47. The predicted molar refractivity (Wildman–Crippen MR) is 105 cm³/mol. The van der Waals surface area contributed by atoms with E-state index in [9.17, 15) is 9.90 Å². The number of carbonyl (C=O) groups excluding carboxylic acids is 1. The molecule has 0 spiro atoms. The first kappa shape index (κ1) is 17.1. The first-order valence-corrected chi connectivity index (χ1v) is 8.62. The summed E-state index contributed by atoms with van der Waals surface area (Å²) in [6, 6.07) is 14.2. The third-order valence-electron chi connectivity index (χ3n) is 4.09. The van der Waals surface area contributed by atoms with E-state index in [1.54, 1.807) is 24.3 Å². The van der Waals surface area contributed by atoms with Crippen LogP contribution in [0.1, 0.15) is 0 Å². The van der Waals surface area contributed by atoms with Crippen LogP contribution in [-0.4, -0.2) is 25.5 Å². The third kappa shape index (κ3) is 3.75. The normalized spacial score (nSPS) is 10.9. The zero-order valence-corrected chi connectivity index (χ0v) is 14.9. The van der Waals surface area contributed by atoms with Crippen LogP contribution >= 0.6 is 11.6 Å². The predicted octanol–water partition coefficient (Wildman–Crippen LogP) is 4.10. The molecule has 0 saturated heterocycles. The lowest BCUT2D eigenvalue weighted by molar-refractivity contribution is -0.116. The second-order valence-corrected chi connectivity index (χ2v) is 6.48. The average molecular weight is 379 g/mol. The molecule has 4 aromatic rings. The van der Waals surface area contributed by atoms with Gasteiger partial charge in [0.05, 0.1) is 18.1 Å². The van der Waals surface area contributed by atoms with Gasteiger partial charge in [0.1, 0.15) is 12.3 Å². The quantitative estimate of drug-likeness (QED) is 0.560. The Morgan fingerprint density at radius 2 is 1.93 bits per heavy atom. The molecule has 0 aliphatic heterocycles. The molecule has 6 nitrogen and oxygen atoms in total. The van der Waals surface area contributed by atoms with E-state index in [1.165, 1.54) is 12.4 Å². The second kappa shape index (κ2) is 7.09. The van der Waals surface area contributed by atoms with Gasteiger partial charge < -0.3 is 15.0 Å². The zero-order chi connectivity index (χ0) is 18.8. The Kier molecular flexibility index (Phi) is 4.48. The molecule has 4 rings (SSSR count). The number of phenolic OH excluding ortho intramolecular Hbond substituents is 1. The molecule has 27 heavy (non-hydrogen) atoms. The minimum absolute atomic E-state index is 0.146. The van der Waals surface area contributed by atoms with Crippen molar-refractivity contribution in [1.29, 1.82) is 0 Å². The minimum Gasteiger partial charge on any atom is -0.508 e. The number of benzene rings is 2. The number of amides is 1. The van der Waals surface area contributed by atoms with Crippen LogP contribution in [-0.2, 0) is 11.3 Å². The van der Waals surface area contributed by atoms with Crippen molar-refractivity contribution in [3.8, 4) is 17.1 Å². The molecule has 0 fully saturated rings. The summed E-state index contributed by atoms with van der Waals surface area (Å²) in [6.07, 6.45) is 4.92. The van der Waals surface area contributed by atoms with E-state index >= 15 is 0 Å². The zero-order valence-electron chi connectivity index (χ0n) is 14.1. The molecule has 2 aromatic heterocycles. The molecular weight excluding hydrogens is 364 g/mol. The highest BCUT2D eigenvalue weighted by Crippen LogP contribution is 2.21.